The number of nitriles is 1. The highest BCUT2D eigenvalue weighted by Gasteiger charge is 2.34. The van der Waals surface area contributed by atoms with Crippen molar-refractivity contribution in [3.05, 3.63) is 22.4 Å². The average Bonchev–Trinajstić information content (AvgIpc) is 2.75. The third-order valence-corrected chi connectivity index (χ3v) is 4.44. The standard InChI is InChI=1S/C13H17NS/c1-11-4-6-13(10-14,7-5-11)9-12-3-2-8-15-12/h2-3,8,11H,4-7,9H2,1H3. The molecule has 2 heteroatoms. The van der Waals surface area contributed by atoms with Crippen LogP contribution >= 0.6 is 11.3 Å². The smallest absolute Gasteiger partial charge is 0.0693 e. The zero-order chi connectivity index (χ0) is 10.7. The molecule has 1 heterocycles. The fourth-order valence-corrected chi connectivity index (χ4v) is 3.24. The number of hydrogen-bond acceptors (Lipinski definition) is 2. The molecule has 2 rings (SSSR count). The van der Waals surface area contributed by atoms with Crippen molar-refractivity contribution in [2.75, 3.05) is 0 Å². The molecule has 0 unspecified atom stereocenters. The van der Waals surface area contributed by atoms with Gasteiger partial charge in [-0.25, -0.2) is 0 Å². The highest BCUT2D eigenvalue weighted by atomic mass is 32.1. The predicted octanol–water partition coefficient (Wildman–Crippen LogP) is 4.01. The molecule has 0 N–H and O–H groups in total. The van der Waals surface area contributed by atoms with Crippen LogP contribution in [0.1, 0.15) is 37.5 Å². The van der Waals surface area contributed by atoms with Crippen molar-refractivity contribution in [1.29, 1.82) is 5.26 Å². The molecule has 1 aliphatic carbocycles. The number of rotatable bonds is 2. The molecule has 0 aromatic carbocycles. The average molecular weight is 219 g/mol. The first-order valence-electron chi connectivity index (χ1n) is 5.68. The molecule has 1 aromatic heterocycles. The molecule has 80 valence electrons. The van der Waals surface area contributed by atoms with Gasteiger partial charge in [-0.2, -0.15) is 5.26 Å². The zero-order valence-electron chi connectivity index (χ0n) is 9.20. The van der Waals surface area contributed by atoms with Crippen molar-refractivity contribution >= 4 is 11.3 Å². The maximum Gasteiger partial charge on any atom is 0.0693 e. The maximum absolute atomic E-state index is 9.38. The van der Waals surface area contributed by atoms with Crippen LogP contribution in [0.15, 0.2) is 17.5 Å². The molecule has 0 spiro atoms. The molecule has 0 amide bonds. The molecule has 1 fully saturated rings. The van der Waals surface area contributed by atoms with Crippen LogP contribution in [0, 0.1) is 22.7 Å². The van der Waals surface area contributed by atoms with E-state index in [2.05, 4.69) is 30.5 Å². The quantitative estimate of drug-likeness (QED) is 0.737. The number of nitrogens with zero attached hydrogens (tertiary/aromatic N) is 1. The van der Waals surface area contributed by atoms with Crippen molar-refractivity contribution < 1.29 is 0 Å². The summed E-state index contributed by atoms with van der Waals surface area (Å²) in [4.78, 5) is 1.37. The van der Waals surface area contributed by atoms with Gasteiger partial charge in [0, 0.05) is 11.3 Å². The van der Waals surface area contributed by atoms with Crippen molar-refractivity contribution in [3.63, 3.8) is 0 Å². The largest absolute Gasteiger partial charge is 0.198 e. The molecule has 1 saturated carbocycles. The van der Waals surface area contributed by atoms with Gasteiger partial charge < -0.3 is 0 Å². The summed E-state index contributed by atoms with van der Waals surface area (Å²) in [6, 6.07) is 6.82. The lowest BCUT2D eigenvalue weighted by molar-refractivity contribution is 0.220. The molecule has 1 nitrogen and oxygen atoms in total. The highest BCUT2D eigenvalue weighted by Crippen LogP contribution is 2.41. The van der Waals surface area contributed by atoms with Crippen molar-refractivity contribution in [1.82, 2.24) is 0 Å². The van der Waals surface area contributed by atoms with Crippen molar-refractivity contribution in [3.8, 4) is 6.07 Å². The highest BCUT2D eigenvalue weighted by molar-refractivity contribution is 7.09. The van der Waals surface area contributed by atoms with Gasteiger partial charge in [0.15, 0.2) is 0 Å². The lowest BCUT2D eigenvalue weighted by Crippen LogP contribution is -2.27. The summed E-state index contributed by atoms with van der Waals surface area (Å²) in [6.45, 7) is 2.30. The minimum Gasteiger partial charge on any atom is -0.198 e. The molecular formula is C13H17NS. The SMILES string of the molecule is CC1CCC(C#N)(Cc2cccs2)CC1. The van der Waals surface area contributed by atoms with E-state index in [1.165, 1.54) is 17.7 Å². The van der Waals surface area contributed by atoms with Gasteiger partial charge in [-0.05, 0) is 43.0 Å². The summed E-state index contributed by atoms with van der Waals surface area (Å²) in [5.74, 6) is 0.815. The first-order chi connectivity index (χ1) is 7.24. The lowest BCUT2D eigenvalue weighted by atomic mass is 9.70. The Morgan fingerprint density at radius 2 is 2.27 bits per heavy atom. The van der Waals surface area contributed by atoms with E-state index in [0.29, 0.717) is 0 Å². The van der Waals surface area contributed by atoms with E-state index in [1.54, 1.807) is 11.3 Å². The Kier molecular flexibility index (Phi) is 3.11. The van der Waals surface area contributed by atoms with Crippen LogP contribution in [0.2, 0.25) is 0 Å². The number of hydrogen-bond donors (Lipinski definition) is 0. The summed E-state index contributed by atoms with van der Waals surface area (Å²) in [5, 5.41) is 11.5. The van der Waals surface area contributed by atoms with E-state index in [-0.39, 0.29) is 5.41 Å². The third-order valence-electron chi connectivity index (χ3n) is 3.56. The Bertz CT molecular complexity index is 339. The summed E-state index contributed by atoms with van der Waals surface area (Å²) in [5.41, 5.74) is -0.0582. The van der Waals surface area contributed by atoms with Crippen LogP contribution in [0.3, 0.4) is 0 Å². The fraction of sp³-hybridized carbons (Fsp3) is 0.615. The molecule has 0 saturated heterocycles. The van der Waals surface area contributed by atoms with Gasteiger partial charge in [0.1, 0.15) is 0 Å². The van der Waals surface area contributed by atoms with E-state index in [4.69, 9.17) is 0 Å². The van der Waals surface area contributed by atoms with Gasteiger partial charge in [-0.15, -0.1) is 11.3 Å². The van der Waals surface area contributed by atoms with E-state index < -0.39 is 0 Å². The second-order valence-corrected chi connectivity index (χ2v) is 5.86. The van der Waals surface area contributed by atoms with E-state index in [9.17, 15) is 5.26 Å². The predicted molar refractivity (Wildman–Crippen MR) is 63.7 cm³/mol. The summed E-state index contributed by atoms with van der Waals surface area (Å²) >= 11 is 1.78. The van der Waals surface area contributed by atoms with E-state index in [1.807, 2.05) is 0 Å². The molecule has 1 aliphatic rings. The zero-order valence-corrected chi connectivity index (χ0v) is 10.0. The Labute approximate surface area is 95.7 Å². The summed E-state index contributed by atoms with van der Waals surface area (Å²) in [6.07, 6.45) is 5.58. The summed E-state index contributed by atoms with van der Waals surface area (Å²) in [7, 11) is 0. The van der Waals surface area contributed by atoms with Gasteiger partial charge in [-0.1, -0.05) is 13.0 Å². The molecule has 15 heavy (non-hydrogen) atoms. The monoisotopic (exact) mass is 219 g/mol. The van der Waals surface area contributed by atoms with Crippen LogP contribution in [0.4, 0.5) is 0 Å². The lowest BCUT2D eigenvalue weighted by Gasteiger charge is -2.33. The second kappa shape index (κ2) is 4.37. The van der Waals surface area contributed by atoms with Gasteiger partial charge >= 0.3 is 0 Å². The van der Waals surface area contributed by atoms with Crippen LogP contribution in [0.5, 0.6) is 0 Å². The molecule has 0 radical (unpaired) electrons. The molecule has 1 aromatic rings. The summed E-state index contributed by atoms with van der Waals surface area (Å²) < 4.78 is 0. The van der Waals surface area contributed by atoms with E-state index in [0.717, 1.165) is 25.2 Å². The number of thiophene rings is 1. The van der Waals surface area contributed by atoms with Gasteiger partial charge in [0.25, 0.3) is 0 Å². The maximum atomic E-state index is 9.38. The molecule has 0 aliphatic heterocycles. The van der Waals surface area contributed by atoms with Crippen molar-refractivity contribution in [2.24, 2.45) is 11.3 Å². The van der Waals surface area contributed by atoms with Crippen LogP contribution in [-0.4, -0.2) is 0 Å². The van der Waals surface area contributed by atoms with Crippen molar-refractivity contribution in [2.45, 2.75) is 39.0 Å². The minimum absolute atomic E-state index is 0.0582. The Balaban J connectivity index is 2.07. The van der Waals surface area contributed by atoms with E-state index >= 15 is 0 Å². The Hall–Kier alpha value is -0.810. The first-order valence-corrected chi connectivity index (χ1v) is 6.56. The molecule has 0 atom stereocenters. The van der Waals surface area contributed by atoms with Gasteiger partial charge in [-0.3, -0.25) is 0 Å². The minimum atomic E-state index is -0.0582. The first kappa shape index (κ1) is 10.7. The normalized spacial score (nSPS) is 31.1. The van der Waals surface area contributed by atoms with Gasteiger partial charge in [0.05, 0.1) is 11.5 Å². The second-order valence-electron chi connectivity index (χ2n) is 4.83. The van der Waals surface area contributed by atoms with Gasteiger partial charge in [0.2, 0.25) is 0 Å². The fourth-order valence-electron chi connectivity index (χ4n) is 2.39. The van der Waals surface area contributed by atoms with Crippen LogP contribution in [0.25, 0.3) is 0 Å². The third kappa shape index (κ3) is 2.41. The van der Waals surface area contributed by atoms with Crippen LogP contribution < -0.4 is 0 Å². The molecular weight excluding hydrogens is 202 g/mol. The Morgan fingerprint density at radius 3 is 2.80 bits per heavy atom. The molecule has 0 bridgehead atoms. The topological polar surface area (TPSA) is 23.8 Å². The Morgan fingerprint density at radius 1 is 1.53 bits per heavy atom. The van der Waals surface area contributed by atoms with Crippen LogP contribution in [-0.2, 0) is 6.42 Å².